The van der Waals surface area contributed by atoms with Gasteiger partial charge in [0.1, 0.15) is 5.75 Å². The first-order valence-electron chi connectivity index (χ1n) is 8.23. The van der Waals surface area contributed by atoms with E-state index in [0.29, 0.717) is 13.1 Å². The minimum Gasteiger partial charge on any atom is -0.497 e. The molecule has 2 rings (SSSR count). The van der Waals surface area contributed by atoms with Gasteiger partial charge in [-0.05, 0) is 31.5 Å². The van der Waals surface area contributed by atoms with E-state index in [4.69, 9.17) is 9.47 Å². The van der Waals surface area contributed by atoms with Crippen molar-refractivity contribution in [2.24, 2.45) is 0 Å². The Kier molecular flexibility index (Phi) is 6.20. The van der Waals surface area contributed by atoms with E-state index in [2.05, 4.69) is 5.32 Å². The Balaban J connectivity index is 2.09. The SMILES string of the molecule is COc1ccc([C@H](CC(=O)N2C[C@@H](C)O[C@@H](C)C2)NC(C)=O)cc1. The molecule has 0 spiro atoms. The highest BCUT2D eigenvalue weighted by molar-refractivity contribution is 5.79. The molecule has 1 saturated heterocycles. The summed E-state index contributed by atoms with van der Waals surface area (Å²) < 4.78 is 10.8. The molecule has 1 fully saturated rings. The molecule has 1 heterocycles. The third-order valence-electron chi connectivity index (χ3n) is 4.05. The van der Waals surface area contributed by atoms with E-state index in [9.17, 15) is 9.59 Å². The van der Waals surface area contributed by atoms with Crippen molar-refractivity contribution in [1.29, 1.82) is 0 Å². The molecule has 0 aliphatic carbocycles. The fourth-order valence-electron chi connectivity index (χ4n) is 3.02. The van der Waals surface area contributed by atoms with Gasteiger partial charge in [0.2, 0.25) is 11.8 Å². The van der Waals surface area contributed by atoms with E-state index in [1.807, 2.05) is 43.0 Å². The summed E-state index contributed by atoms with van der Waals surface area (Å²) in [7, 11) is 1.60. The lowest BCUT2D eigenvalue weighted by atomic mass is 10.0. The average Bonchev–Trinajstić information content (AvgIpc) is 2.53. The maximum atomic E-state index is 12.7. The first kappa shape index (κ1) is 18.3. The standard InChI is InChI=1S/C18H26N2O4/c1-12-10-20(11-13(2)24-12)18(22)9-17(19-14(3)21)15-5-7-16(23-4)8-6-15/h5-8,12-13,17H,9-11H2,1-4H3,(H,19,21)/t12-,13+,17-/m0/s1. The Morgan fingerprint density at radius 3 is 2.33 bits per heavy atom. The molecule has 132 valence electrons. The van der Waals surface area contributed by atoms with Crippen LogP contribution in [-0.2, 0) is 14.3 Å². The van der Waals surface area contributed by atoms with Gasteiger partial charge in [0.15, 0.2) is 0 Å². The topological polar surface area (TPSA) is 67.9 Å². The van der Waals surface area contributed by atoms with E-state index >= 15 is 0 Å². The molecule has 1 aromatic carbocycles. The fraction of sp³-hybridized carbons (Fsp3) is 0.556. The Labute approximate surface area is 143 Å². The minimum atomic E-state index is -0.352. The van der Waals surface area contributed by atoms with Crippen LogP contribution in [0.25, 0.3) is 0 Å². The Bertz CT molecular complexity index is 563. The van der Waals surface area contributed by atoms with E-state index in [-0.39, 0.29) is 36.5 Å². The number of ether oxygens (including phenoxy) is 2. The van der Waals surface area contributed by atoms with E-state index in [1.54, 1.807) is 7.11 Å². The molecule has 2 amide bonds. The molecule has 0 radical (unpaired) electrons. The molecule has 0 saturated carbocycles. The first-order valence-corrected chi connectivity index (χ1v) is 8.23. The van der Waals surface area contributed by atoms with Crippen molar-refractivity contribution >= 4 is 11.8 Å². The van der Waals surface area contributed by atoms with Crippen LogP contribution in [0.4, 0.5) is 0 Å². The highest BCUT2D eigenvalue weighted by atomic mass is 16.5. The van der Waals surface area contributed by atoms with Gasteiger partial charge in [0.25, 0.3) is 0 Å². The van der Waals surface area contributed by atoms with Crippen molar-refractivity contribution < 1.29 is 19.1 Å². The Morgan fingerprint density at radius 2 is 1.83 bits per heavy atom. The zero-order valence-electron chi connectivity index (χ0n) is 14.7. The first-order chi connectivity index (χ1) is 11.4. The van der Waals surface area contributed by atoms with Crippen LogP contribution in [0.1, 0.15) is 38.8 Å². The number of rotatable bonds is 5. The molecule has 0 bridgehead atoms. The van der Waals surface area contributed by atoms with Crippen molar-refractivity contribution in [1.82, 2.24) is 10.2 Å². The highest BCUT2D eigenvalue weighted by Crippen LogP contribution is 2.22. The van der Waals surface area contributed by atoms with Crippen molar-refractivity contribution in [2.75, 3.05) is 20.2 Å². The van der Waals surface area contributed by atoms with Crippen LogP contribution in [0.5, 0.6) is 5.75 Å². The number of nitrogens with one attached hydrogen (secondary N) is 1. The summed E-state index contributed by atoms with van der Waals surface area (Å²) in [5, 5.41) is 2.87. The van der Waals surface area contributed by atoms with Gasteiger partial charge in [0, 0.05) is 20.0 Å². The van der Waals surface area contributed by atoms with Gasteiger partial charge < -0.3 is 19.7 Å². The summed E-state index contributed by atoms with van der Waals surface area (Å²) in [6.45, 7) is 6.55. The molecular weight excluding hydrogens is 308 g/mol. The molecule has 0 aromatic heterocycles. The summed E-state index contributed by atoms with van der Waals surface area (Å²) in [6.07, 6.45) is 0.279. The number of methoxy groups -OCH3 is 1. The second-order valence-corrected chi connectivity index (χ2v) is 6.29. The number of nitrogens with zero attached hydrogens (tertiary/aromatic N) is 1. The van der Waals surface area contributed by atoms with Crippen LogP contribution < -0.4 is 10.1 Å². The minimum absolute atomic E-state index is 0.0200. The van der Waals surface area contributed by atoms with E-state index in [1.165, 1.54) is 6.92 Å². The summed E-state index contributed by atoms with van der Waals surface area (Å²) in [5.74, 6) is 0.599. The molecular formula is C18H26N2O4. The van der Waals surface area contributed by atoms with Gasteiger partial charge in [-0.1, -0.05) is 12.1 Å². The average molecular weight is 334 g/mol. The molecule has 1 aliphatic rings. The Hall–Kier alpha value is -2.08. The molecule has 1 aliphatic heterocycles. The van der Waals surface area contributed by atoms with Gasteiger partial charge >= 0.3 is 0 Å². The predicted octanol–water partition coefficient (Wildman–Crippen LogP) is 1.90. The molecule has 24 heavy (non-hydrogen) atoms. The number of hydrogen-bond acceptors (Lipinski definition) is 4. The van der Waals surface area contributed by atoms with Crippen molar-refractivity contribution in [2.45, 2.75) is 45.4 Å². The summed E-state index contributed by atoms with van der Waals surface area (Å²) >= 11 is 0. The van der Waals surface area contributed by atoms with Crippen LogP contribution >= 0.6 is 0 Å². The largest absolute Gasteiger partial charge is 0.497 e. The van der Waals surface area contributed by atoms with Crippen molar-refractivity contribution in [3.05, 3.63) is 29.8 Å². The lowest BCUT2D eigenvalue weighted by molar-refractivity contribution is -0.143. The van der Waals surface area contributed by atoms with Gasteiger partial charge in [-0.25, -0.2) is 0 Å². The lowest BCUT2D eigenvalue weighted by Gasteiger charge is -2.36. The van der Waals surface area contributed by atoms with Crippen LogP contribution in [0.15, 0.2) is 24.3 Å². The molecule has 6 heteroatoms. The number of morpholine rings is 1. The normalized spacial score (nSPS) is 21.9. The predicted molar refractivity (Wildman–Crippen MR) is 90.8 cm³/mol. The third kappa shape index (κ3) is 4.96. The Morgan fingerprint density at radius 1 is 1.25 bits per heavy atom. The molecule has 0 unspecified atom stereocenters. The zero-order chi connectivity index (χ0) is 17.7. The number of amides is 2. The van der Waals surface area contributed by atoms with E-state index in [0.717, 1.165) is 11.3 Å². The van der Waals surface area contributed by atoms with Gasteiger partial charge in [-0.2, -0.15) is 0 Å². The maximum Gasteiger partial charge on any atom is 0.225 e. The smallest absolute Gasteiger partial charge is 0.225 e. The zero-order valence-corrected chi connectivity index (χ0v) is 14.7. The number of carbonyl (C=O) groups is 2. The monoisotopic (exact) mass is 334 g/mol. The molecule has 1 aromatic rings. The summed E-state index contributed by atoms with van der Waals surface area (Å²) in [4.78, 5) is 26.0. The second-order valence-electron chi connectivity index (χ2n) is 6.29. The van der Waals surface area contributed by atoms with Crippen LogP contribution in [0.3, 0.4) is 0 Å². The number of hydrogen-bond donors (Lipinski definition) is 1. The third-order valence-corrected chi connectivity index (χ3v) is 4.05. The molecule has 1 N–H and O–H groups in total. The highest BCUT2D eigenvalue weighted by Gasteiger charge is 2.28. The van der Waals surface area contributed by atoms with Crippen molar-refractivity contribution in [3.8, 4) is 5.75 Å². The number of carbonyl (C=O) groups excluding carboxylic acids is 2. The van der Waals surface area contributed by atoms with Gasteiger partial charge in [-0.3, -0.25) is 9.59 Å². The fourth-order valence-corrected chi connectivity index (χ4v) is 3.02. The van der Waals surface area contributed by atoms with Crippen LogP contribution in [0, 0.1) is 0 Å². The maximum absolute atomic E-state index is 12.7. The quantitative estimate of drug-likeness (QED) is 0.893. The van der Waals surface area contributed by atoms with Crippen LogP contribution in [0.2, 0.25) is 0 Å². The second kappa shape index (κ2) is 8.15. The lowest BCUT2D eigenvalue weighted by Crippen LogP contribution is -2.49. The van der Waals surface area contributed by atoms with Crippen molar-refractivity contribution in [3.63, 3.8) is 0 Å². The van der Waals surface area contributed by atoms with E-state index < -0.39 is 0 Å². The molecule has 3 atom stereocenters. The van der Waals surface area contributed by atoms with Gasteiger partial charge in [-0.15, -0.1) is 0 Å². The van der Waals surface area contributed by atoms with Crippen LogP contribution in [-0.4, -0.2) is 49.1 Å². The number of benzene rings is 1. The molecule has 6 nitrogen and oxygen atoms in total. The van der Waals surface area contributed by atoms with Gasteiger partial charge in [0.05, 0.1) is 31.8 Å². The summed E-state index contributed by atoms with van der Waals surface area (Å²) in [6, 6.07) is 7.05. The summed E-state index contributed by atoms with van der Waals surface area (Å²) in [5.41, 5.74) is 0.883.